The Kier molecular flexibility index (Phi) is 8.50. The van der Waals surface area contributed by atoms with Crippen LogP contribution in [0.1, 0.15) is 60.0 Å². The molecule has 1 aromatic carbocycles. The zero-order chi connectivity index (χ0) is 29.1. The van der Waals surface area contributed by atoms with Gasteiger partial charge in [0.15, 0.2) is 10.8 Å². The van der Waals surface area contributed by atoms with Gasteiger partial charge in [0.1, 0.15) is 5.67 Å². The highest BCUT2D eigenvalue weighted by Crippen LogP contribution is 2.45. The van der Waals surface area contributed by atoms with Gasteiger partial charge in [-0.15, -0.1) is 11.3 Å². The van der Waals surface area contributed by atoms with E-state index in [1.807, 2.05) is 5.38 Å². The molecule has 0 radical (unpaired) electrons. The molecular formula is C29H34FN5O5S. The lowest BCUT2D eigenvalue weighted by atomic mass is 9.83. The number of alkyl halides is 1. The predicted molar refractivity (Wildman–Crippen MR) is 153 cm³/mol. The molecule has 1 aromatic heterocycles. The van der Waals surface area contributed by atoms with Crippen molar-refractivity contribution in [1.82, 2.24) is 15.2 Å². The quantitative estimate of drug-likeness (QED) is 0.304. The minimum Gasteiger partial charge on any atom is -0.478 e. The van der Waals surface area contributed by atoms with Crippen LogP contribution in [0.4, 0.5) is 10.1 Å². The SMILES string of the molecule is CCOC(=O)C1=C(CN2CCC(C)(F)C(CN(C=O)c3ccc(C(=O)O)cc3C3CC3)C2)NC(c2nccs2)=NC1. The first-order valence-electron chi connectivity index (χ1n) is 13.8. The highest BCUT2D eigenvalue weighted by Gasteiger charge is 2.41. The van der Waals surface area contributed by atoms with Crippen LogP contribution in [0.3, 0.4) is 0 Å². The van der Waals surface area contributed by atoms with E-state index in [4.69, 9.17) is 4.74 Å². The van der Waals surface area contributed by atoms with E-state index < -0.39 is 23.5 Å². The molecule has 2 aliphatic heterocycles. The Morgan fingerprint density at radius 1 is 1.37 bits per heavy atom. The number of carboxylic acid groups (broad SMARTS) is 1. The number of ether oxygens (including phenoxy) is 1. The lowest BCUT2D eigenvalue weighted by Gasteiger charge is -2.43. The summed E-state index contributed by atoms with van der Waals surface area (Å²) >= 11 is 1.44. The van der Waals surface area contributed by atoms with Crippen LogP contribution in [0.5, 0.6) is 0 Å². The number of thiazole rings is 1. The average Bonchev–Trinajstić information content (AvgIpc) is 3.66. The second-order valence-corrected chi connectivity index (χ2v) is 11.8. The van der Waals surface area contributed by atoms with Crippen molar-refractivity contribution in [3.63, 3.8) is 0 Å². The van der Waals surface area contributed by atoms with Crippen LogP contribution < -0.4 is 10.2 Å². The molecule has 12 heteroatoms. The van der Waals surface area contributed by atoms with Crippen molar-refractivity contribution in [2.24, 2.45) is 10.9 Å². The Bertz CT molecular complexity index is 1370. The van der Waals surface area contributed by atoms with Gasteiger partial charge in [-0.1, -0.05) is 0 Å². The smallest absolute Gasteiger partial charge is 0.337 e. The summed E-state index contributed by atoms with van der Waals surface area (Å²) in [5.41, 5.74) is 1.18. The number of amidine groups is 1. The molecule has 2 aromatic rings. The van der Waals surface area contributed by atoms with Gasteiger partial charge in [-0.25, -0.2) is 19.0 Å². The number of likely N-dealkylation sites (tertiary alicyclic amines) is 1. The predicted octanol–water partition coefficient (Wildman–Crippen LogP) is 3.60. The van der Waals surface area contributed by atoms with Crippen LogP contribution in [0.2, 0.25) is 0 Å². The molecule has 10 nitrogen and oxygen atoms in total. The number of hydrogen-bond donors (Lipinski definition) is 2. The molecule has 2 fully saturated rings. The third-order valence-electron chi connectivity index (χ3n) is 7.96. The van der Waals surface area contributed by atoms with Gasteiger partial charge in [-0.05, 0) is 62.8 Å². The maximum Gasteiger partial charge on any atom is 0.337 e. The molecule has 0 bridgehead atoms. The number of carbonyl (C=O) groups is 3. The van der Waals surface area contributed by atoms with Gasteiger partial charge < -0.3 is 20.1 Å². The number of halogens is 1. The molecule has 3 aliphatic rings. The maximum atomic E-state index is 15.9. The minimum atomic E-state index is -1.52. The summed E-state index contributed by atoms with van der Waals surface area (Å²) < 4.78 is 21.2. The van der Waals surface area contributed by atoms with E-state index in [1.54, 1.807) is 32.2 Å². The van der Waals surface area contributed by atoms with Gasteiger partial charge >= 0.3 is 11.9 Å². The van der Waals surface area contributed by atoms with Gasteiger partial charge in [0.2, 0.25) is 6.41 Å². The van der Waals surface area contributed by atoms with Crippen LogP contribution >= 0.6 is 11.3 Å². The highest BCUT2D eigenvalue weighted by atomic mass is 32.1. The summed E-state index contributed by atoms with van der Waals surface area (Å²) in [7, 11) is 0. The topological polar surface area (TPSA) is 124 Å². The molecule has 1 saturated carbocycles. The molecule has 1 aliphatic carbocycles. The number of amides is 1. The molecule has 5 rings (SSSR count). The Morgan fingerprint density at radius 3 is 2.83 bits per heavy atom. The van der Waals surface area contributed by atoms with Crippen molar-refractivity contribution < 1.29 is 28.6 Å². The van der Waals surface area contributed by atoms with Crippen LogP contribution in [-0.4, -0.2) is 84.2 Å². The van der Waals surface area contributed by atoms with Crippen LogP contribution in [0.15, 0.2) is 46.0 Å². The molecule has 41 heavy (non-hydrogen) atoms. The highest BCUT2D eigenvalue weighted by molar-refractivity contribution is 7.11. The Hall–Kier alpha value is -3.64. The normalized spacial score (nSPS) is 23.0. The second-order valence-electron chi connectivity index (χ2n) is 10.9. The number of anilines is 1. The fourth-order valence-corrected chi connectivity index (χ4v) is 6.01. The first-order valence-corrected chi connectivity index (χ1v) is 14.7. The number of nitrogens with zero attached hydrogens (tertiary/aromatic N) is 4. The fraction of sp³-hybridized carbons (Fsp3) is 0.483. The number of piperidine rings is 1. The Morgan fingerprint density at radius 2 is 2.17 bits per heavy atom. The first kappa shape index (κ1) is 28.9. The number of hydrogen-bond acceptors (Lipinski definition) is 9. The number of rotatable bonds is 11. The summed E-state index contributed by atoms with van der Waals surface area (Å²) in [4.78, 5) is 49.0. The standard InChI is InChI=1S/C29H34FN5O5S/c1-3-40-28(39)22-13-32-25(26-31-9-11-41-26)33-23(22)16-34-10-8-29(2,30)20(14-34)15-35(17-36)24-7-6-19(27(37)38)12-21(24)18-4-5-18/h6-7,9,11-12,17-18,20H,3-5,8,10,13-16H2,1-2H3,(H,32,33)(H,37,38). The third-order valence-corrected chi connectivity index (χ3v) is 8.74. The van der Waals surface area contributed by atoms with E-state index in [1.165, 1.54) is 22.3 Å². The van der Waals surface area contributed by atoms with Gasteiger partial charge in [0.25, 0.3) is 0 Å². The number of esters is 1. The molecule has 2 N–H and O–H groups in total. The van der Waals surface area contributed by atoms with Crippen molar-refractivity contribution in [3.05, 3.63) is 57.2 Å². The minimum absolute atomic E-state index is 0.141. The van der Waals surface area contributed by atoms with Crippen LogP contribution in [-0.2, 0) is 14.3 Å². The van der Waals surface area contributed by atoms with Crippen molar-refractivity contribution in [1.29, 1.82) is 0 Å². The van der Waals surface area contributed by atoms with E-state index in [-0.39, 0.29) is 37.6 Å². The molecule has 3 heterocycles. The van der Waals surface area contributed by atoms with E-state index >= 15 is 4.39 Å². The van der Waals surface area contributed by atoms with Gasteiger partial charge in [0.05, 0.1) is 24.3 Å². The molecular weight excluding hydrogens is 549 g/mol. The number of carbonyl (C=O) groups excluding carboxylic acids is 2. The monoisotopic (exact) mass is 583 g/mol. The second kappa shape index (κ2) is 12.1. The third kappa shape index (κ3) is 6.48. The molecule has 0 spiro atoms. The number of carboxylic acids is 1. The summed E-state index contributed by atoms with van der Waals surface area (Å²) in [6.07, 6.45) is 4.51. The average molecular weight is 584 g/mol. The van der Waals surface area contributed by atoms with Crippen molar-refractivity contribution in [3.8, 4) is 0 Å². The lowest BCUT2D eigenvalue weighted by molar-refractivity contribution is -0.138. The number of aromatic carboxylic acids is 1. The van der Waals surface area contributed by atoms with Crippen molar-refractivity contribution in [2.75, 3.05) is 44.2 Å². The van der Waals surface area contributed by atoms with E-state index in [2.05, 4.69) is 20.2 Å². The maximum absolute atomic E-state index is 15.9. The Labute approximate surface area is 241 Å². The molecule has 1 amide bonds. The zero-order valence-corrected chi connectivity index (χ0v) is 24.0. The van der Waals surface area contributed by atoms with Crippen LogP contribution in [0, 0.1) is 5.92 Å². The molecule has 2 unspecified atom stereocenters. The first-order chi connectivity index (χ1) is 19.7. The lowest BCUT2D eigenvalue weighted by Crippen LogP contribution is -2.53. The fourth-order valence-electron chi connectivity index (χ4n) is 5.41. The summed E-state index contributed by atoms with van der Waals surface area (Å²) in [6, 6.07) is 4.78. The van der Waals surface area contributed by atoms with Crippen molar-refractivity contribution in [2.45, 2.75) is 44.7 Å². The van der Waals surface area contributed by atoms with Gasteiger partial charge in [-0.2, -0.15) is 0 Å². The van der Waals surface area contributed by atoms with E-state index in [9.17, 15) is 19.5 Å². The molecule has 218 valence electrons. The van der Waals surface area contributed by atoms with Gasteiger partial charge in [0, 0.05) is 55.1 Å². The summed E-state index contributed by atoms with van der Waals surface area (Å²) in [5, 5.41) is 15.3. The van der Waals surface area contributed by atoms with E-state index in [0.717, 1.165) is 18.4 Å². The zero-order valence-electron chi connectivity index (χ0n) is 23.1. The van der Waals surface area contributed by atoms with Crippen molar-refractivity contribution >= 4 is 41.2 Å². The summed E-state index contributed by atoms with van der Waals surface area (Å²) in [6.45, 7) is 5.03. The number of aliphatic imine (C=N–C) groups is 1. The largest absolute Gasteiger partial charge is 0.478 e. The number of benzene rings is 1. The van der Waals surface area contributed by atoms with E-state index in [0.29, 0.717) is 53.8 Å². The van der Waals surface area contributed by atoms with Crippen LogP contribution in [0.25, 0.3) is 0 Å². The number of aromatic nitrogens is 1. The molecule has 2 atom stereocenters. The van der Waals surface area contributed by atoms with Gasteiger partial charge in [-0.3, -0.25) is 14.7 Å². The molecule has 1 saturated heterocycles. The number of nitrogens with one attached hydrogen (secondary N) is 1. The Balaban J connectivity index is 1.35. The summed E-state index contributed by atoms with van der Waals surface area (Å²) in [5.74, 6) is -1.20.